The van der Waals surface area contributed by atoms with Crippen LogP contribution in [0.5, 0.6) is 11.5 Å². The van der Waals surface area contributed by atoms with E-state index in [1.807, 2.05) is 25.1 Å². The molecule has 5 rings (SSSR count). The first-order chi connectivity index (χ1) is 18.4. The number of phenols is 1. The summed E-state index contributed by atoms with van der Waals surface area (Å²) in [6, 6.07) is 13.8. The first-order valence-corrected chi connectivity index (χ1v) is 14.3. The molecule has 0 saturated carbocycles. The summed E-state index contributed by atoms with van der Waals surface area (Å²) >= 11 is 6.49. The van der Waals surface area contributed by atoms with Crippen LogP contribution in [0.3, 0.4) is 0 Å². The van der Waals surface area contributed by atoms with Crippen molar-refractivity contribution in [1.29, 1.82) is 0 Å². The van der Waals surface area contributed by atoms with Gasteiger partial charge in [0.05, 0.1) is 11.6 Å². The van der Waals surface area contributed by atoms with Crippen molar-refractivity contribution in [1.82, 2.24) is 4.90 Å². The van der Waals surface area contributed by atoms with E-state index >= 15 is 0 Å². The largest absolute Gasteiger partial charge is 0.503 e. The number of nitrogens with zero attached hydrogens (tertiary/aromatic N) is 1. The quantitative estimate of drug-likeness (QED) is 0.409. The van der Waals surface area contributed by atoms with E-state index in [2.05, 4.69) is 44.7 Å². The average Bonchev–Trinajstić information content (AvgIpc) is 2.84. The number of rotatable bonds is 6. The van der Waals surface area contributed by atoms with Crippen LogP contribution >= 0.6 is 11.6 Å². The van der Waals surface area contributed by atoms with Crippen molar-refractivity contribution in [3.63, 3.8) is 0 Å². The van der Waals surface area contributed by atoms with Gasteiger partial charge < -0.3 is 14.7 Å². The molecule has 0 radical (unpaired) electrons. The van der Waals surface area contributed by atoms with E-state index in [0.717, 1.165) is 30.7 Å². The maximum absolute atomic E-state index is 14.0. The Morgan fingerprint density at radius 1 is 0.923 bits per heavy atom. The van der Waals surface area contributed by atoms with Crippen molar-refractivity contribution < 1.29 is 19.4 Å². The van der Waals surface area contributed by atoms with E-state index in [1.165, 1.54) is 5.56 Å². The molecule has 0 amide bonds. The lowest BCUT2D eigenvalue weighted by Crippen LogP contribution is -2.45. The van der Waals surface area contributed by atoms with Crippen LogP contribution in [0.4, 0.5) is 0 Å². The van der Waals surface area contributed by atoms with Crippen molar-refractivity contribution in [3.8, 4) is 11.5 Å². The second kappa shape index (κ2) is 10.2. The molecule has 1 heterocycles. The number of hydrogen-bond donors (Lipinski definition) is 1. The van der Waals surface area contributed by atoms with E-state index in [9.17, 15) is 14.7 Å². The number of Topliss-reactive ketones (excluding diaryl/α,β-unsaturated/α-hetero) is 2. The Labute approximate surface area is 236 Å². The van der Waals surface area contributed by atoms with Gasteiger partial charge in [-0.2, -0.15) is 0 Å². The van der Waals surface area contributed by atoms with Crippen LogP contribution in [0.2, 0.25) is 5.02 Å². The molecule has 0 unspecified atom stereocenters. The molecule has 6 heteroatoms. The van der Waals surface area contributed by atoms with E-state index in [4.69, 9.17) is 16.3 Å². The fraction of sp³-hybridized carbons (Fsp3) is 0.455. The Bertz CT molecular complexity index is 1330. The van der Waals surface area contributed by atoms with Crippen molar-refractivity contribution in [2.45, 2.75) is 72.6 Å². The van der Waals surface area contributed by atoms with Gasteiger partial charge in [0.25, 0.3) is 0 Å². The molecule has 39 heavy (non-hydrogen) atoms. The van der Waals surface area contributed by atoms with Crippen molar-refractivity contribution in [3.05, 3.63) is 81.2 Å². The third-order valence-electron chi connectivity index (χ3n) is 8.17. The number of aromatic hydroxyl groups is 1. The predicted molar refractivity (Wildman–Crippen MR) is 154 cm³/mol. The monoisotopic (exact) mass is 547 g/mol. The lowest BCUT2D eigenvalue weighted by molar-refractivity contribution is -0.119. The Balaban J connectivity index is 1.73. The number of carbonyl (C=O) groups is 2. The number of benzene rings is 2. The summed E-state index contributed by atoms with van der Waals surface area (Å²) in [5.74, 6) is -0.252. The highest BCUT2D eigenvalue weighted by molar-refractivity contribution is 6.32. The molecule has 3 aliphatic rings. The predicted octanol–water partition coefficient (Wildman–Crippen LogP) is 7.37. The number of ketones is 2. The molecule has 5 nitrogen and oxygen atoms in total. The highest BCUT2D eigenvalue weighted by atomic mass is 35.5. The molecule has 0 fully saturated rings. The normalized spacial score (nSPS) is 20.7. The molecule has 0 bridgehead atoms. The standard InChI is InChI=1S/C33H38ClNO4/c1-6-39-27-15-21(14-22(34)31(27)38)28-29-23(16-32(2,3)18-25(29)36)35(13-12-20-10-8-7-9-11-20)24-17-33(4,5)19-26(37)30(24)28/h7-11,14-15,28,38H,6,12-13,16-19H2,1-5H3. The van der Waals surface area contributed by atoms with Gasteiger partial charge in [0.1, 0.15) is 0 Å². The van der Waals surface area contributed by atoms with E-state index in [-0.39, 0.29) is 38.9 Å². The lowest BCUT2D eigenvalue weighted by Gasteiger charge is -2.49. The van der Waals surface area contributed by atoms with Crippen LogP contribution in [0, 0.1) is 10.8 Å². The van der Waals surface area contributed by atoms with Gasteiger partial charge >= 0.3 is 0 Å². The summed E-state index contributed by atoms with van der Waals surface area (Å²) in [5.41, 5.74) is 4.97. The minimum absolute atomic E-state index is 0.0716. The van der Waals surface area contributed by atoms with Crippen LogP contribution in [0.1, 0.15) is 77.3 Å². The second-order valence-electron chi connectivity index (χ2n) is 12.7. The first kappa shape index (κ1) is 27.5. The maximum atomic E-state index is 14.0. The molecule has 0 saturated heterocycles. The number of phenolic OH excluding ortho intramolecular Hbond substituents is 1. The van der Waals surface area contributed by atoms with Gasteiger partial charge in [-0.15, -0.1) is 0 Å². The number of carbonyl (C=O) groups excluding carboxylic acids is 2. The molecule has 0 aromatic heterocycles. The molecule has 2 aromatic rings. The number of halogens is 1. The Kier molecular flexibility index (Phi) is 7.17. The first-order valence-electron chi connectivity index (χ1n) is 13.9. The highest BCUT2D eigenvalue weighted by Gasteiger charge is 2.49. The fourth-order valence-corrected chi connectivity index (χ4v) is 6.78. The van der Waals surface area contributed by atoms with Gasteiger partial charge in [-0.3, -0.25) is 9.59 Å². The topological polar surface area (TPSA) is 66.8 Å². The maximum Gasteiger partial charge on any atom is 0.176 e. The summed E-state index contributed by atoms with van der Waals surface area (Å²) in [4.78, 5) is 30.3. The third kappa shape index (κ3) is 5.26. The molecule has 1 N–H and O–H groups in total. The molecule has 206 valence electrons. The van der Waals surface area contributed by atoms with Crippen LogP contribution in [0.15, 0.2) is 65.0 Å². The Morgan fingerprint density at radius 3 is 2.03 bits per heavy atom. The molecular formula is C33H38ClNO4. The minimum atomic E-state index is -0.535. The van der Waals surface area contributed by atoms with Gasteiger partial charge in [0.15, 0.2) is 23.1 Å². The summed E-state index contributed by atoms with van der Waals surface area (Å²) in [7, 11) is 0. The smallest absolute Gasteiger partial charge is 0.176 e. The van der Waals surface area contributed by atoms with Crippen molar-refractivity contribution in [2.24, 2.45) is 10.8 Å². The zero-order valence-electron chi connectivity index (χ0n) is 23.6. The van der Waals surface area contributed by atoms with Crippen LogP contribution in [-0.4, -0.2) is 34.7 Å². The number of allylic oxidation sites excluding steroid dienone is 4. The lowest BCUT2D eigenvalue weighted by atomic mass is 9.63. The van der Waals surface area contributed by atoms with E-state index in [0.29, 0.717) is 42.7 Å². The van der Waals surface area contributed by atoms with Gasteiger partial charge in [-0.1, -0.05) is 69.6 Å². The SMILES string of the molecule is CCOc1cc(C2C3=C(CC(C)(C)CC3=O)N(CCc3ccccc3)C3=C2C(=O)CC(C)(C)C3)cc(Cl)c1O. The van der Waals surface area contributed by atoms with E-state index in [1.54, 1.807) is 12.1 Å². The van der Waals surface area contributed by atoms with Gasteiger partial charge in [-0.05, 0) is 60.3 Å². The van der Waals surface area contributed by atoms with Gasteiger partial charge in [0, 0.05) is 47.8 Å². The zero-order chi connectivity index (χ0) is 28.1. The molecule has 0 atom stereocenters. The number of hydrogen-bond acceptors (Lipinski definition) is 5. The Hall–Kier alpha value is -3.05. The third-order valence-corrected chi connectivity index (χ3v) is 8.46. The summed E-state index contributed by atoms with van der Waals surface area (Å²) in [6.07, 6.45) is 3.13. The summed E-state index contributed by atoms with van der Waals surface area (Å²) in [6.45, 7) is 11.5. The molecule has 2 aromatic carbocycles. The summed E-state index contributed by atoms with van der Waals surface area (Å²) < 4.78 is 5.70. The molecular weight excluding hydrogens is 510 g/mol. The van der Waals surface area contributed by atoms with Crippen LogP contribution < -0.4 is 4.74 Å². The van der Waals surface area contributed by atoms with Crippen LogP contribution in [0.25, 0.3) is 0 Å². The van der Waals surface area contributed by atoms with Crippen molar-refractivity contribution >= 4 is 23.2 Å². The highest BCUT2D eigenvalue weighted by Crippen LogP contribution is 2.55. The molecule has 1 aliphatic heterocycles. The van der Waals surface area contributed by atoms with Gasteiger partial charge in [0.2, 0.25) is 0 Å². The van der Waals surface area contributed by atoms with Crippen molar-refractivity contribution in [2.75, 3.05) is 13.2 Å². The molecule has 0 spiro atoms. The second-order valence-corrected chi connectivity index (χ2v) is 13.1. The average molecular weight is 548 g/mol. The van der Waals surface area contributed by atoms with Crippen LogP contribution in [-0.2, 0) is 16.0 Å². The number of ether oxygens (including phenoxy) is 1. The molecule has 2 aliphatic carbocycles. The summed E-state index contributed by atoms with van der Waals surface area (Å²) in [5, 5.41) is 10.7. The fourth-order valence-electron chi connectivity index (χ4n) is 6.56. The Morgan fingerprint density at radius 2 is 1.49 bits per heavy atom. The minimum Gasteiger partial charge on any atom is -0.503 e. The van der Waals surface area contributed by atoms with E-state index < -0.39 is 5.92 Å². The zero-order valence-corrected chi connectivity index (χ0v) is 24.3. The van der Waals surface area contributed by atoms with Gasteiger partial charge in [-0.25, -0.2) is 0 Å².